The number of nitrogens with one attached hydrogen (secondary N) is 1. The number of hydrogen-bond donors (Lipinski definition) is 1. The summed E-state index contributed by atoms with van der Waals surface area (Å²) in [7, 11) is 0. The highest BCUT2D eigenvalue weighted by Gasteiger charge is 2.28. The summed E-state index contributed by atoms with van der Waals surface area (Å²) in [4.78, 5) is 14.9. The second-order valence-corrected chi connectivity index (χ2v) is 7.72. The first-order valence-electron chi connectivity index (χ1n) is 9.82. The summed E-state index contributed by atoms with van der Waals surface area (Å²) in [5, 5.41) is 11.5. The molecule has 0 saturated carbocycles. The number of aromatic nitrogens is 3. The van der Waals surface area contributed by atoms with Crippen LogP contribution in [0.2, 0.25) is 0 Å². The van der Waals surface area contributed by atoms with Gasteiger partial charge in [-0.2, -0.15) is 5.10 Å². The predicted octanol–water partition coefficient (Wildman–Crippen LogP) is 3.94. The molecule has 1 amide bonds. The Hall–Kier alpha value is -2.89. The highest BCUT2D eigenvalue weighted by molar-refractivity contribution is 5.79. The number of H-pyrrole nitrogens is 1. The van der Waals surface area contributed by atoms with Gasteiger partial charge in [-0.1, -0.05) is 35.0 Å². The van der Waals surface area contributed by atoms with Gasteiger partial charge in [0.2, 0.25) is 5.91 Å². The minimum Gasteiger partial charge on any atom is -0.361 e. The average Bonchev–Trinajstić information content (AvgIpc) is 3.31. The molecule has 2 aromatic heterocycles. The van der Waals surface area contributed by atoms with Gasteiger partial charge in [0.15, 0.2) is 0 Å². The Kier molecular flexibility index (Phi) is 5.03. The van der Waals surface area contributed by atoms with E-state index in [0.29, 0.717) is 13.0 Å². The SMILES string of the molecule is Cc1ccc(-c2cn[nH]c2[C@H]2CCCN(C(=O)Cc3c(C)noc3C)C2)cc1. The second-order valence-electron chi connectivity index (χ2n) is 7.72. The Morgan fingerprint density at radius 1 is 1.25 bits per heavy atom. The lowest BCUT2D eigenvalue weighted by Gasteiger charge is -2.33. The minimum absolute atomic E-state index is 0.135. The molecule has 1 atom stereocenters. The fourth-order valence-corrected chi connectivity index (χ4v) is 4.03. The van der Waals surface area contributed by atoms with E-state index < -0.39 is 0 Å². The molecule has 0 bridgehead atoms. The van der Waals surface area contributed by atoms with Gasteiger partial charge in [0.25, 0.3) is 0 Å². The molecule has 4 rings (SSSR count). The minimum atomic E-state index is 0.135. The molecule has 0 spiro atoms. The summed E-state index contributed by atoms with van der Waals surface area (Å²) >= 11 is 0. The summed E-state index contributed by atoms with van der Waals surface area (Å²) < 4.78 is 5.20. The topological polar surface area (TPSA) is 75.0 Å². The van der Waals surface area contributed by atoms with Crippen molar-refractivity contribution in [2.24, 2.45) is 0 Å². The normalized spacial score (nSPS) is 17.1. The van der Waals surface area contributed by atoms with Crippen molar-refractivity contribution in [3.05, 3.63) is 58.7 Å². The third kappa shape index (κ3) is 3.59. The molecule has 6 nitrogen and oxygen atoms in total. The Morgan fingerprint density at radius 2 is 2.04 bits per heavy atom. The molecule has 3 aromatic rings. The van der Waals surface area contributed by atoms with E-state index in [9.17, 15) is 4.79 Å². The summed E-state index contributed by atoms with van der Waals surface area (Å²) in [6, 6.07) is 8.50. The van der Waals surface area contributed by atoms with E-state index >= 15 is 0 Å². The number of hydrogen-bond acceptors (Lipinski definition) is 4. The van der Waals surface area contributed by atoms with Crippen LogP contribution in [0, 0.1) is 20.8 Å². The van der Waals surface area contributed by atoms with Crippen molar-refractivity contribution in [2.75, 3.05) is 13.1 Å². The third-order valence-corrected chi connectivity index (χ3v) is 5.72. The van der Waals surface area contributed by atoms with Gasteiger partial charge in [0.05, 0.1) is 18.3 Å². The van der Waals surface area contributed by atoms with Crippen LogP contribution in [0.15, 0.2) is 35.0 Å². The number of amides is 1. The number of rotatable bonds is 4. The van der Waals surface area contributed by atoms with Crippen molar-refractivity contribution < 1.29 is 9.32 Å². The van der Waals surface area contributed by atoms with E-state index in [0.717, 1.165) is 53.2 Å². The highest BCUT2D eigenvalue weighted by atomic mass is 16.5. The molecule has 1 aromatic carbocycles. The van der Waals surface area contributed by atoms with Crippen LogP contribution in [0.25, 0.3) is 11.1 Å². The fraction of sp³-hybridized carbons (Fsp3) is 0.409. The van der Waals surface area contributed by atoms with E-state index in [1.54, 1.807) is 0 Å². The summed E-state index contributed by atoms with van der Waals surface area (Å²) in [6.07, 6.45) is 4.28. The van der Waals surface area contributed by atoms with Crippen molar-refractivity contribution in [3.8, 4) is 11.1 Å². The van der Waals surface area contributed by atoms with Gasteiger partial charge in [-0.05, 0) is 39.2 Å². The Morgan fingerprint density at radius 3 is 2.75 bits per heavy atom. The van der Waals surface area contributed by atoms with E-state index in [2.05, 4.69) is 46.5 Å². The van der Waals surface area contributed by atoms with Crippen LogP contribution in [-0.4, -0.2) is 39.3 Å². The molecule has 1 saturated heterocycles. The van der Waals surface area contributed by atoms with Gasteiger partial charge in [-0.25, -0.2) is 0 Å². The van der Waals surface area contributed by atoms with Gasteiger partial charge in [0, 0.05) is 35.8 Å². The molecule has 1 aliphatic rings. The first kappa shape index (κ1) is 18.5. The Labute approximate surface area is 164 Å². The number of aryl methyl sites for hydroxylation is 3. The Bertz CT molecular complexity index is 951. The molecule has 0 unspecified atom stereocenters. The zero-order valence-electron chi connectivity index (χ0n) is 16.7. The molecule has 1 aliphatic heterocycles. The first-order valence-corrected chi connectivity index (χ1v) is 9.82. The standard InChI is InChI=1S/C22H26N4O2/c1-14-6-8-17(9-7-14)20-12-23-24-22(20)18-5-4-10-26(13-18)21(27)11-19-15(2)25-28-16(19)3/h6-9,12,18H,4-5,10-11,13H2,1-3H3,(H,23,24)/t18-/m0/s1. The zero-order chi connectivity index (χ0) is 19.7. The summed E-state index contributed by atoms with van der Waals surface area (Å²) in [5.41, 5.74) is 6.36. The molecule has 0 radical (unpaired) electrons. The number of benzene rings is 1. The quantitative estimate of drug-likeness (QED) is 0.746. The van der Waals surface area contributed by atoms with Gasteiger partial charge in [-0.15, -0.1) is 0 Å². The third-order valence-electron chi connectivity index (χ3n) is 5.72. The van der Waals surface area contributed by atoms with Gasteiger partial charge >= 0.3 is 0 Å². The smallest absolute Gasteiger partial charge is 0.227 e. The van der Waals surface area contributed by atoms with E-state index in [1.807, 2.05) is 24.9 Å². The largest absolute Gasteiger partial charge is 0.361 e. The van der Waals surface area contributed by atoms with Crippen molar-refractivity contribution in [1.82, 2.24) is 20.3 Å². The van der Waals surface area contributed by atoms with Crippen LogP contribution in [0.4, 0.5) is 0 Å². The maximum Gasteiger partial charge on any atom is 0.227 e. The number of aromatic amines is 1. The number of carbonyl (C=O) groups excluding carboxylic acids is 1. The fourth-order valence-electron chi connectivity index (χ4n) is 4.03. The lowest BCUT2D eigenvalue weighted by molar-refractivity contribution is -0.131. The van der Waals surface area contributed by atoms with Crippen LogP contribution >= 0.6 is 0 Å². The maximum absolute atomic E-state index is 12.9. The van der Waals surface area contributed by atoms with E-state index in [1.165, 1.54) is 5.56 Å². The van der Waals surface area contributed by atoms with Crippen LogP contribution in [0.1, 0.15) is 47.0 Å². The number of piperidine rings is 1. The molecule has 1 fully saturated rings. The maximum atomic E-state index is 12.9. The lowest BCUT2D eigenvalue weighted by atomic mass is 9.90. The molecule has 0 aliphatic carbocycles. The van der Waals surface area contributed by atoms with Crippen molar-refractivity contribution >= 4 is 5.91 Å². The average molecular weight is 378 g/mol. The predicted molar refractivity (Wildman–Crippen MR) is 107 cm³/mol. The Balaban J connectivity index is 1.51. The van der Waals surface area contributed by atoms with Crippen molar-refractivity contribution in [3.63, 3.8) is 0 Å². The second kappa shape index (κ2) is 7.62. The molecule has 6 heteroatoms. The number of nitrogens with zero attached hydrogens (tertiary/aromatic N) is 3. The molecular weight excluding hydrogens is 352 g/mol. The summed E-state index contributed by atoms with van der Waals surface area (Å²) in [5.74, 6) is 1.13. The van der Waals surface area contributed by atoms with E-state index in [-0.39, 0.29) is 11.8 Å². The highest BCUT2D eigenvalue weighted by Crippen LogP contribution is 2.33. The summed E-state index contributed by atoms with van der Waals surface area (Å²) in [6.45, 7) is 7.34. The number of likely N-dealkylation sites (tertiary alicyclic amines) is 1. The van der Waals surface area contributed by atoms with Crippen LogP contribution < -0.4 is 0 Å². The lowest BCUT2D eigenvalue weighted by Crippen LogP contribution is -2.40. The van der Waals surface area contributed by atoms with Crippen molar-refractivity contribution in [1.29, 1.82) is 0 Å². The molecule has 146 valence electrons. The number of carbonyl (C=O) groups is 1. The monoisotopic (exact) mass is 378 g/mol. The van der Waals surface area contributed by atoms with E-state index in [4.69, 9.17) is 4.52 Å². The van der Waals surface area contributed by atoms with Crippen LogP contribution in [-0.2, 0) is 11.2 Å². The molecule has 1 N–H and O–H groups in total. The molecule has 3 heterocycles. The zero-order valence-corrected chi connectivity index (χ0v) is 16.7. The van der Waals surface area contributed by atoms with Crippen molar-refractivity contribution in [2.45, 2.75) is 46.0 Å². The van der Waals surface area contributed by atoms with Gasteiger partial charge < -0.3 is 9.42 Å². The van der Waals surface area contributed by atoms with Crippen LogP contribution in [0.5, 0.6) is 0 Å². The van der Waals surface area contributed by atoms with Gasteiger partial charge in [-0.3, -0.25) is 9.89 Å². The van der Waals surface area contributed by atoms with Crippen LogP contribution in [0.3, 0.4) is 0 Å². The molecule has 28 heavy (non-hydrogen) atoms. The first-order chi connectivity index (χ1) is 13.5. The molecular formula is C22H26N4O2. The van der Waals surface area contributed by atoms with Gasteiger partial charge in [0.1, 0.15) is 5.76 Å².